The van der Waals surface area contributed by atoms with Crippen molar-refractivity contribution in [1.82, 2.24) is 4.57 Å². The van der Waals surface area contributed by atoms with Crippen molar-refractivity contribution in [3.05, 3.63) is 28.7 Å². The smallest absolute Gasteiger partial charge is 0.408 e. The average Bonchev–Trinajstić information content (AvgIpc) is 2.74. The number of nitrogens with zero attached hydrogens (tertiary/aromatic N) is 1. The van der Waals surface area contributed by atoms with E-state index in [-0.39, 0.29) is 11.8 Å². The Morgan fingerprint density at radius 1 is 1.29 bits per heavy atom. The number of oxazole rings is 1. The maximum atomic E-state index is 12.3. The number of carbonyl (C=O) groups excluding carboxylic acids is 1. The lowest BCUT2D eigenvalue weighted by molar-refractivity contribution is -0.121. The first-order chi connectivity index (χ1) is 10.0. The molecule has 0 radical (unpaired) electrons. The van der Waals surface area contributed by atoms with E-state index in [2.05, 4.69) is 12.2 Å². The number of hydrogen-bond donors (Lipinski definition) is 1. The van der Waals surface area contributed by atoms with Crippen LogP contribution in [-0.2, 0) is 11.8 Å². The topological polar surface area (TPSA) is 64.2 Å². The summed E-state index contributed by atoms with van der Waals surface area (Å²) in [6.07, 6.45) is 4.14. The van der Waals surface area contributed by atoms with Crippen molar-refractivity contribution in [2.24, 2.45) is 18.9 Å². The molecule has 1 heterocycles. The van der Waals surface area contributed by atoms with E-state index in [0.29, 0.717) is 11.3 Å². The first kappa shape index (κ1) is 13.9. The van der Waals surface area contributed by atoms with E-state index < -0.39 is 5.76 Å². The van der Waals surface area contributed by atoms with Crippen LogP contribution in [0.25, 0.3) is 11.1 Å². The molecule has 0 unspecified atom stereocenters. The van der Waals surface area contributed by atoms with Gasteiger partial charge in [0, 0.05) is 24.7 Å². The minimum absolute atomic E-state index is 0.0690. The molecule has 1 aromatic heterocycles. The van der Waals surface area contributed by atoms with Crippen molar-refractivity contribution in [2.75, 3.05) is 5.32 Å². The third-order valence-corrected chi connectivity index (χ3v) is 4.45. The first-order valence-corrected chi connectivity index (χ1v) is 7.45. The SMILES string of the molecule is CC1CCC(C(=O)Nc2ccc3c(c2)oc(=O)n3C)CC1. The molecule has 0 aliphatic heterocycles. The third kappa shape index (κ3) is 2.73. The van der Waals surface area contributed by atoms with Crippen molar-refractivity contribution < 1.29 is 9.21 Å². The van der Waals surface area contributed by atoms with Crippen molar-refractivity contribution in [3.63, 3.8) is 0 Å². The third-order valence-electron chi connectivity index (χ3n) is 4.45. The summed E-state index contributed by atoms with van der Waals surface area (Å²) in [4.78, 5) is 23.7. The van der Waals surface area contributed by atoms with Gasteiger partial charge in [0.1, 0.15) is 0 Å². The molecule has 0 saturated heterocycles. The van der Waals surface area contributed by atoms with E-state index in [1.165, 1.54) is 4.57 Å². The van der Waals surface area contributed by atoms with Crippen molar-refractivity contribution in [2.45, 2.75) is 32.6 Å². The highest BCUT2D eigenvalue weighted by Crippen LogP contribution is 2.29. The van der Waals surface area contributed by atoms with Gasteiger partial charge in [0.25, 0.3) is 0 Å². The Balaban J connectivity index is 1.75. The second kappa shape index (κ2) is 5.39. The molecule has 0 spiro atoms. The monoisotopic (exact) mass is 288 g/mol. The molecule has 1 saturated carbocycles. The molecule has 5 heteroatoms. The highest BCUT2D eigenvalue weighted by Gasteiger charge is 2.24. The minimum Gasteiger partial charge on any atom is -0.408 e. The van der Waals surface area contributed by atoms with Crippen LogP contribution in [0.1, 0.15) is 32.6 Å². The largest absolute Gasteiger partial charge is 0.419 e. The summed E-state index contributed by atoms with van der Waals surface area (Å²) in [5.41, 5.74) is 1.91. The Hall–Kier alpha value is -2.04. The summed E-state index contributed by atoms with van der Waals surface area (Å²) >= 11 is 0. The van der Waals surface area contributed by atoms with Crippen LogP contribution >= 0.6 is 0 Å². The molecule has 1 aliphatic carbocycles. The number of rotatable bonds is 2. The average molecular weight is 288 g/mol. The fourth-order valence-corrected chi connectivity index (χ4v) is 2.98. The molecule has 0 atom stereocenters. The summed E-state index contributed by atoms with van der Waals surface area (Å²) in [5, 5.41) is 2.94. The van der Waals surface area contributed by atoms with Gasteiger partial charge in [-0.05, 0) is 43.7 Å². The standard InChI is InChI=1S/C16H20N2O3/c1-10-3-5-11(6-4-10)15(19)17-12-7-8-13-14(9-12)21-16(20)18(13)2/h7-11H,3-6H2,1-2H3,(H,17,19). The van der Waals surface area contributed by atoms with E-state index in [0.717, 1.165) is 37.1 Å². The van der Waals surface area contributed by atoms with Gasteiger partial charge in [-0.1, -0.05) is 6.92 Å². The lowest BCUT2D eigenvalue weighted by Crippen LogP contribution is -2.26. The molecule has 1 fully saturated rings. The van der Waals surface area contributed by atoms with Crippen LogP contribution in [0.15, 0.2) is 27.4 Å². The Bertz CT molecular complexity index is 721. The predicted octanol–water partition coefficient (Wildman–Crippen LogP) is 2.90. The molecule has 5 nitrogen and oxygen atoms in total. The Labute approximate surface area is 122 Å². The summed E-state index contributed by atoms with van der Waals surface area (Å²) < 4.78 is 6.58. The van der Waals surface area contributed by atoms with Gasteiger partial charge in [0.05, 0.1) is 5.52 Å². The molecule has 2 aromatic rings. The molecule has 0 bridgehead atoms. The number of hydrogen-bond acceptors (Lipinski definition) is 3. The normalized spacial score (nSPS) is 22.4. The number of nitrogens with one attached hydrogen (secondary N) is 1. The van der Waals surface area contributed by atoms with Gasteiger partial charge < -0.3 is 9.73 Å². The quantitative estimate of drug-likeness (QED) is 0.924. The number of aromatic nitrogens is 1. The predicted molar refractivity (Wildman–Crippen MR) is 81.2 cm³/mol. The van der Waals surface area contributed by atoms with E-state index in [1.807, 2.05) is 0 Å². The Morgan fingerprint density at radius 3 is 2.71 bits per heavy atom. The number of aryl methyl sites for hydroxylation is 1. The zero-order valence-electron chi connectivity index (χ0n) is 12.4. The lowest BCUT2D eigenvalue weighted by atomic mass is 9.82. The molecule has 1 amide bonds. The lowest BCUT2D eigenvalue weighted by Gasteiger charge is -2.25. The maximum Gasteiger partial charge on any atom is 0.419 e. The molecule has 1 N–H and O–H groups in total. The van der Waals surface area contributed by atoms with Crippen LogP contribution in [0.3, 0.4) is 0 Å². The fraction of sp³-hybridized carbons (Fsp3) is 0.500. The van der Waals surface area contributed by atoms with Crippen LogP contribution in [0, 0.1) is 11.8 Å². The van der Waals surface area contributed by atoms with Gasteiger partial charge in [-0.3, -0.25) is 9.36 Å². The fourth-order valence-electron chi connectivity index (χ4n) is 2.98. The van der Waals surface area contributed by atoms with E-state index >= 15 is 0 Å². The van der Waals surface area contributed by atoms with Crippen LogP contribution < -0.4 is 11.1 Å². The summed E-state index contributed by atoms with van der Waals surface area (Å²) in [6.45, 7) is 2.24. The van der Waals surface area contributed by atoms with Gasteiger partial charge in [-0.25, -0.2) is 4.79 Å². The highest BCUT2D eigenvalue weighted by molar-refractivity contribution is 5.94. The van der Waals surface area contributed by atoms with Crippen molar-refractivity contribution in [3.8, 4) is 0 Å². The number of carbonyl (C=O) groups is 1. The van der Waals surface area contributed by atoms with Gasteiger partial charge in [-0.15, -0.1) is 0 Å². The molecule has 3 rings (SSSR count). The van der Waals surface area contributed by atoms with Gasteiger partial charge in [-0.2, -0.15) is 0 Å². The molecule has 21 heavy (non-hydrogen) atoms. The first-order valence-electron chi connectivity index (χ1n) is 7.45. The molecular weight excluding hydrogens is 268 g/mol. The Kier molecular flexibility index (Phi) is 3.57. The molecule has 1 aliphatic rings. The number of benzene rings is 1. The highest BCUT2D eigenvalue weighted by atomic mass is 16.4. The summed E-state index contributed by atoms with van der Waals surface area (Å²) in [7, 11) is 1.66. The minimum atomic E-state index is -0.394. The maximum absolute atomic E-state index is 12.3. The van der Waals surface area contributed by atoms with Gasteiger partial charge in [0.2, 0.25) is 5.91 Å². The summed E-state index contributed by atoms with van der Waals surface area (Å²) in [6, 6.07) is 5.31. The van der Waals surface area contributed by atoms with Gasteiger partial charge >= 0.3 is 5.76 Å². The molecule has 112 valence electrons. The summed E-state index contributed by atoms with van der Waals surface area (Å²) in [5.74, 6) is 0.498. The zero-order valence-corrected chi connectivity index (χ0v) is 12.4. The van der Waals surface area contributed by atoms with Crippen molar-refractivity contribution in [1.29, 1.82) is 0 Å². The number of fused-ring (bicyclic) bond motifs is 1. The number of amides is 1. The van der Waals surface area contributed by atoms with E-state index in [4.69, 9.17) is 4.42 Å². The second-order valence-electron chi connectivity index (χ2n) is 6.06. The van der Waals surface area contributed by atoms with Crippen LogP contribution in [0.4, 0.5) is 5.69 Å². The Morgan fingerprint density at radius 2 is 2.00 bits per heavy atom. The van der Waals surface area contributed by atoms with Crippen LogP contribution in [0.2, 0.25) is 0 Å². The van der Waals surface area contributed by atoms with Crippen molar-refractivity contribution >= 4 is 22.7 Å². The van der Waals surface area contributed by atoms with E-state index in [1.54, 1.807) is 25.2 Å². The number of anilines is 1. The van der Waals surface area contributed by atoms with Crippen LogP contribution in [0.5, 0.6) is 0 Å². The van der Waals surface area contributed by atoms with Crippen LogP contribution in [-0.4, -0.2) is 10.5 Å². The van der Waals surface area contributed by atoms with E-state index in [9.17, 15) is 9.59 Å². The molecular formula is C16H20N2O3. The second-order valence-corrected chi connectivity index (χ2v) is 6.06. The van der Waals surface area contributed by atoms with Gasteiger partial charge in [0.15, 0.2) is 5.58 Å². The molecule has 1 aromatic carbocycles. The zero-order chi connectivity index (χ0) is 15.0.